The molecule has 0 radical (unpaired) electrons. The van der Waals surface area contributed by atoms with Crippen LogP contribution < -0.4 is 0 Å². The van der Waals surface area contributed by atoms with E-state index in [2.05, 4.69) is 13.0 Å². The Hall–Kier alpha value is -1.86. The number of rotatable bonds is 7. The lowest BCUT2D eigenvalue weighted by Crippen LogP contribution is -2.38. The zero-order valence-electron chi connectivity index (χ0n) is 12.4. The van der Waals surface area contributed by atoms with Crippen molar-refractivity contribution < 1.29 is 9.53 Å². The summed E-state index contributed by atoms with van der Waals surface area (Å²) in [6.45, 7) is 2.73. The number of nitriles is 1. The number of hydrogen-bond donors (Lipinski definition) is 0. The molecule has 4 heteroatoms. The molecule has 20 heavy (non-hydrogen) atoms. The van der Waals surface area contributed by atoms with Crippen LogP contribution in [-0.2, 0) is 16.1 Å². The summed E-state index contributed by atoms with van der Waals surface area (Å²) in [6.07, 6.45) is 2.82. The summed E-state index contributed by atoms with van der Waals surface area (Å²) in [5.41, 5.74) is 1.66. The summed E-state index contributed by atoms with van der Waals surface area (Å²) in [7, 11) is 3.34. The van der Waals surface area contributed by atoms with Crippen molar-refractivity contribution in [2.24, 2.45) is 0 Å². The molecule has 0 bridgehead atoms. The fraction of sp³-hybridized carbons (Fsp3) is 0.500. The maximum atomic E-state index is 11.9. The van der Waals surface area contributed by atoms with E-state index in [0.29, 0.717) is 12.1 Å². The summed E-state index contributed by atoms with van der Waals surface area (Å²) >= 11 is 0. The van der Waals surface area contributed by atoms with E-state index in [4.69, 9.17) is 10.00 Å². The SMILES string of the molecule is CCCCC(C(=O)OC)N(C)Cc1cccc(C#N)c1. The minimum absolute atomic E-state index is 0.197. The lowest BCUT2D eigenvalue weighted by molar-refractivity contribution is -0.147. The first-order chi connectivity index (χ1) is 9.62. The third-order valence-electron chi connectivity index (χ3n) is 3.32. The Labute approximate surface area is 121 Å². The van der Waals surface area contributed by atoms with Gasteiger partial charge in [-0.2, -0.15) is 5.26 Å². The van der Waals surface area contributed by atoms with Crippen LogP contribution in [0.2, 0.25) is 0 Å². The fourth-order valence-electron chi connectivity index (χ4n) is 2.19. The second-order valence-corrected chi connectivity index (χ2v) is 4.91. The second kappa shape index (κ2) is 8.34. The number of methoxy groups -OCH3 is 1. The first-order valence-corrected chi connectivity index (χ1v) is 6.89. The molecule has 0 amide bonds. The van der Waals surface area contributed by atoms with Crippen LogP contribution in [0.1, 0.15) is 37.3 Å². The molecule has 1 rings (SSSR count). The van der Waals surface area contributed by atoms with Gasteiger partial charge in [0.1, 0.15) is 6.04 Å². The number of unbranched alkanes of at least 4 members (excludes halogenated alkanes) is 1. The summed E-state index contributed by atoms with van der Waals surface area (Å²) in [6, 6.07) is 9.35. The van der Waals surface area contributed by atoms with Gasteiger partial charge in [-0.1, -0.05) is 31.9 Å². The van der Waals surface area contributed by atoms with Gasteiger partial charge in [0.05, 0.1) is 18.7 Å². The van der Waals surface area contributed by atoms with Gasteiger partial charge in [0, 0.05) is 6.54 Å². The van der Waals surface area contributed by atoms with Gasteiger partial charge < -0.3 is 4.74 Å². The first-order valence-electron chi connectivity index (χ1n) is 6.89. The van der Waals surface area contributed by atoms with Crippen LogP contribution in [0.3, 0.4) is 0 Å². The molecule has 0 saturated heterocycles. The van der Waals surface area contributed by atoms with Gasteiger partial charge in [-0.05, 0) is 31.2 Å². The summed E-state index contributed by atoms with van der Waals surface area (Å²) in [5, 5.41) is 8.91. The van der Waals surface area contributed by atoms with E-state index < -0.39 is 0 Å². The Morgan fingerprint density at radius 2 is 2.25 bits per heavy atom. The predicted molar refractivity (Wildman–Crippen MR) is 78.0 cm³/mol. The van der Waals surface area contributed by atoms with Crippen LogP contribution in [0.5, 0.6) is 0 Å². The third kappa shape index (κ3) is 4.67. The van der Waals surface area contributed by atoms with Gasteiger partial charge >= 0.3 is 5.97 Å². The van der Waals surface area contributed by atoms with Gasteiger partial charge in [-0.15, -0.1) is 0 Å². The molecule has 0 heterocycles. The van der Waals surface area contributed by atoms with Crippen molar-refractivity contribution in [1.82, 2.24) is 4.90 Å². The van der Waals surface area contributed by atoms with Crippen LogP contribution in [0.25, 0.3) is 0 Å². The Kier molecular flexibility index (Phi) is 6.75. The third-order valence-corrected chi connectivity index (χ3v) is 3.32. The molecule has 1 aromatic carbocycles. The second-order valence-electron chi connectivity index (χ2n) is 4.91. The number of carbonyl (C=O) groups excluding carboxylic acids is 1. The van der Waals surface area contributed by atoms with E-state index in [0.717, 1.165) is 24.8 Å². The Bertz CT molecular complexity index is 480. The van der Waals surface area contributed by atoms with E-state index in [9.17, 15) is 4.79 Å². The lowest BCUT2D eigenvalue weighted by atomic mass is 10.1. The van der Waals surface area contributed by atoms with E-state index in [1.807, 2.05) is 30.1 Å². The molecule has 0 aromatic heterocycles. The van der Waals surface area contributed by atoms with Crippen LogP contribution in [0.4, 0.5) is 0 Å². The maximum absolute atomic E-state index is 11.9. The van der Waals surface area contributed by atoms with Crippen molar-refractivity contribution in [3.05, 3.63) is 35.4 Å². The highest BCUT2D eigenvalue weighted by molar-refractivity contribution is 5.75. The van der Waals surface area contributed by atoms with Gasteiger partial charge in [-0.25, -0.2) is 0 Å². The molecule has 0 N–H and O–H groups in total. The summed E-state index contributed by atoms with van der Waals surface area (Å²) in [4.78, 5) is 13.8. The number of nitrogens with zero attached hydrogens (tertiary/aromatic N) is 2. The molecule has 0 aliphatic heterocycles. The van der Waals surface area contributed by atoms with E-state index >= 15 is 0 Å². The number of ether oxygens (including phenoxy) is 1. The van der Waals surface area contributed by atoms with E-state index in [-0.39, 0.29) is 12.0 Å². The highest BCUT2D eigenvalue weighted by atomic mass is 16.5. The van der Waals surface area contributed by atoms with Gasteiger partial charge in [0.2, 0.25) is 0 Å². The van der Waals surface area contributed by atoms with E-state index in [1.165, 1.54) is 7.11 Å². The largest absolute Gasteiger partial charge is 0.468 e. The van der Waals surface area contributed by atoms with Crippen LogP contribution in [-0.4, -0.2) is 31.1 Å². The monoisotopic (exact) mass is 274 g/mol. The number of esters is 1. The zero-order chi connectivity index (χ0) is 15.0. The van der Waals surface area contributed by atoms with Crippen LogP contribution >= 0.6 is 0 Å². The zero-order valence-corrected chi connectivity index (χ0v) is 12.4. The Balaban J connectivity index is 2.76. The van der Waals surface area contributed by atoms with Crippen LogP contribution in [0.15, 0.2) is 24.3 Å². The van der Waals surface area contributed by atoms with Crippen LogP contribution in [0, 0.1) is 11.3 Å². The van der Waals surface area contributed by atoms with Crippen molar-refractivity contribution in [3.63, 3.8) is 0 Å². The standard InChI is InChI=1S/C16H22N2O2/c1-4-5-9-15(16(19)20-3)18(2)12-14-8-6-7-13(10-14)11-17/h6-8,10,15H,4-5,9,12H2,1-3H3. The molecule has 1 unspecified atom stereocenters. The first kappa shape index (κ1) is 16.2. The molecule has 0 fully saturated rings. The number of carbonyl (C=O) groups is 1. The number of hydrogen-bond acceptors (Lipinski definition) is 4. The Morgan fingerprint density at radius 1 is 1.50 bits per heavy atom. The average molecular weight is 274 g/mol. The fourth-order valence-corrected chi connectivity index (χ4v) is 2.19. The number of likely N-dealkylation sites (N-methyl/N-ethyl adjacent to an activating group) is 1. The molecule has 1 aromatic rings. The molecule has 0 aliphatic carbocycles. The summed E-state index contributed by atoms with van der Waals surface area (Å²) < 4.78 is 4.88. The lowest BCUT2D eigenvalue weighted by Gasteiger charge is -2.26. The van der Waals surface area contributed by atoms with Crippen molar-refractivity contribution in [2.75, 3.05) is 14.2 Å². The molecule has 108 valence electrons. The van der Waals surface area contributed by atoms with Crippen molar-refractivity contribution in [3.8, 4) is 6.07 Å². The quantitative estimate of drug-likeness (QED) is 0.717. The van der Waals surface area contributed by atoms with Crippen molar-refractivity contribution in [2.45, 2.75) is 38.8 Å². The normalized spacial score (nSPS) is 11.9. The minimum atomic E-state index is -0.231. The number of benzene rings is 1. The van der Waals surface area contributed by atoms with Crippen molar-refractivity contribution >= 4 is 5.97 Å². The van der Waals surface area contributed by atoms with Gasteiger partial charge in [0.15, 0.2) is 0 Å². The van der Waals surface area contributed by atoms with Gasteiger partial charge in [0.25, 0.3) is 0 Å². The molecule has 0 aliphatic rings. The molecular formula is C16H22N2O2. The topological polar surface area (TPSA) is 53.3 Å². The molecular weight excluding hydrogens is 252 g/mol. The average Bonchev–Trinajstić information content (AvgIpc) is 2.47. The van der Waals surface area contributed by atoms with Gasteiger partial charge in [-0.3, -0.25) is 9.69 Å². The Morgan fingerprint density at radius 3 is 2.85 bits per heavy atom. The highest BCUT2D eigenvalue weighted by Gasteiger charge is 2.23. The summed E-state index contributed by atoms with van der Waals surface area (Å²) in [5.74, 6) is -0.197. The smallest absolute Gasteiger partial charge is 0.323 e. The minimum Gasteiger partial charge on any atom is -0.468 e. The maximum Gasteiger partial charge on any atom is 0.323 e. The highest BCUT2D eigenvalue weighted by Crippen LogP contribution is 2.14. The van der Waals surface area contributed by atoms with E-state index in [1.54, 1.807) is 6.07 Å². The predicted octanol–water partition coefficient (Wildman–Crippen LogP) is 2.72. The van der Waals surface area contributed by atoms with Crippen molar-refractivity contribution in [1.29, 1.82) is 5.26 Å². The molecule has 0 saturated carbocycles. The molecule has 0 spiro atoms. The molecule has 1 atom stereocenters. The molecule has 4 nitrogen and oxygen atoms in total.